The van der Waals surface area contributed by atoms with Gasteiger partial charge in [0.25, 0.3) is 0 Å². The van der Waals surface area contributed by atoms with E-state index in [1.54, 1.807) is 18.2 Å². The summed E-state index contributed by atoms with van der Waals surface area (Å²) >= 11 is 5.95. The van der Waals surface area contributed by atoms with Gasteiger partial charge in [-0.25, -0.2) is 8.78 Å². The summed E-state index contributed by atoms with van der Waals surface area (Å²) in [4.78, 5) is 0. The van der Waals surface area contributed by atoms with Crippen LogP contribution in [0.15, 0.2) is 36.4 Å². The number of nitrogens with two attached hydrogens (primary N) is 1. The molecule has 0 saturated heterocycles. The summed E-state index contributed by atoms with van der Waals surface area (Å²) < 4.78 is 32.7. The van der Waals surface area contributed by atoms with Gasteiger partial charge in [-0.2, -0.15) is 0 Å². The molecule has 0 aromatic heterocycles. The van der Waals surface area contributed by atoms with Crippen molar-refractivity contribution in [3.8, 4) is 5.75 Å². The van der Waals surface area contributed by atoms with E-state index in [4.69, 9.17) is 22.1 Å². The minimum Gasteiger partial charge on any atom is -0.488 e. The molecule has 0 spiro atoms. The van der Waals surface area contributed by atoms with Gasteiger partial charge in [0, 0.05) is 11.1 Å². The lowest BCUT2D eigenvalue weighted by Crippen LogP contribution is -2.18. The Labute approximate surface area is 127 Å². The number of halogens is 3. The molecule has 0 aliphatic heterocycles. The molecule has 2 aromatic rings. The first-order valence-electron chi connectivity index (χ1n) is 6.57. The van der Waals surface area contributed by atoms with Gasteiger partial charge in [-0.1, -0.05) is 17.7 Å². The van der Waals surface area contributed by atoms with Crippen molar-refractivity contribution in [2.45, 2.75) is 26.0 Å². The zero-order valence-corrected chi connectivity index (χ0v) is 12.3. The molecule has 1 atom stereocenters. The fourth-order valence-electron chi connectivity index (χ4n) is 2.02. The van der Waals surface area contributed by atoms with Gasteiger partial charge in [0.2, 0.25) is 0 Å². The zero-order valence-electron chi connectivity index (χ0n) is 11.6. The van der Waals surface area contributed by atoms with Gasteiger partial charge in [0.15, 0.2) is 0 Å². The van der Waals surface area contributed by atoms with Crippen molar-refractivity contribution < 1.29 is 13.5 Å². The van der Waals surface area contributed by atoms with E-state index >= 15 is 0 Å². The second-order valence-electron chi connectivity index (χ2n) is 4.92. The predicted molar refractivity (Wildman–Crippen MR) is 79.5 cm³/mol. The Morgan fingerprint density at radius 3 is 2.48 bits per heavy atom. The molecule has 21 heavy (non-hydrogen) atoms. The highest BCUT2D eigenvalue weighted by Crippen LogP contribution is 2.25. The van der Waals surface area contributed by atoms with Gasteiger partial charge < -0.3 is 10.5 Å². The number of rotatable bonds is 5. The average molecular weight is 312 g/mol. The maximum atomic E-state index is 13.6. The Balaban J connectivity index is 2.20. The van der Waals surface area contributed by atoms with Crippen molar-refractivity contribution in [2.75, 3.05) is 0 Å². The van der Waals surface area contributed by atoms with Gasteiger partial charge in [-0.3, -0.25) is 0 Å². The van der Waals surface area contributed by atoms with Crippen LogP contribution >= 0.6 is 11.6 Å². The van der Waals surface area contributed by atoms with E-state index in [1.807, 2.05) is 6.92 Å². The normalized spacial score (nSPS) is 12.2. The molecule has 0 saturated carbocycles. The molecular formula is C16H16ClF2NO. The number of benzene rings is 2. The number of hydrogen-bond donors (Lipinski definition) is 1. The van der Waals surface area contributed by atoms with Crippen molar-refractivity contribution in [3.63, 3.8) is 0 Å². The van der Waals surface area contributed by atoms with Crippen molar-refractivity contribution in [3.05, 3.63) is 64.2 Å². The number of ether oxygens (including phenoxy) is 1. The molecule has 0 aliphatic rings. The molecule has 0 heterocycles. The maximum absolute atomic E-state index is 13.6. The number of hydrogen-bond acceptors (Lipinski definition) is 2. The van der Waals surface area contributed by atoms with E-state index in [-0.39, 0.29) is 18.2 Å². The summed E-state index contributed by atoms with van der Waals surface area (Å²) in [5.41, 5.74) is 6.50. The van der Waals surface area contributed by atoms with Crippen LogP contribution in [-0.2, 0) is 13.0 Å². The Morgan fingerprint density at radius 1 is 1.19 bits per heavy atom. The molecule has 2 nitrogen and oxygen atoms in total. The summed E-state index contributed by atoms with van der Waals surface area (Å²) in [6, 6.07) is 8.74. The molecule has 0 amide bonds. The first-order valence-corrected chi connectivity index (χ1v) is 6.95. The quantitative estimate of drug-likeness (QED) is 0.902. The standard InChI is InChI=1S/C16H16ClF2NO/c1-10(20)7-11-8-12(17)5-6-16(11)21-9-13-14(18)3-2-4-15(13)19/h2-6,8,10H,7,9,20H2,1H3. The van der Waals surface area contributed by atoms with Crippen molar-refractivity contribution >= 4 is 11.6 Å². The van der Waals surface area contributed by atoms with Gasteiger partial charge in [0.1, 0.15) is 24.0 Å². The summed E-state index contributed by atoms with van der Waals surface area (Å²) in [6.45, 7) is 1.67. The molecule has 0 aliphatic carbocycles. The molecule has 2 aromatic carbocycles. The van der Waals surface area contributed by atoms with Crippen molar-refractivity contribution in [2.24, 2.45) is 5.73 Å². The van der Waals surface area contributed by atoms with E-state index in [0.29, 0.717) is 17.2 Å². The second-order valence-corrected chi connectivity index (χ2v) is 5.36. The molecule has 1 unspecified atom stereocenters. The van der Waals surface area contributed by atoms with Gasteiger partial charge in [0.05, 0.1) is 5.56 Å². The average Bonchev–Trinajstić information content (AvgIpc) is 2.39. The molecule has 5 heteroatoms. The largest absolute Gasteiger partial charge is 0.488 e. The van der Waals surface area contributed by atoms with Crippen molar-refractivity contribution in [1.29, 1.82) is 0 Å². The lowest BCUT2D eigenvalue weighted by molar-refractivity contribution is 0.289. The summed E-state index contributed by atoms with van der Waals surface area (Å²) in [6.07, 6.45) is 0.565. The summed E-state index contributed by atoms with van der Waals surface area (Å²) in [5, 5.41) is 0.565. The van der Waals surface area contributed by atoms with Crippen LogP contribution in [-0.4, -0.2) is 6.04 Å². The van der Waals surface area contributed by atoms with Gasteiger partial charge >= 0.3 is 0 Å². The van der Waals surface area contributed by atoms with Gasteiger partial charge in [-0.15, -0.1) is 0 Å². The highest BCUT2D eigenvalue weighted by Gasteiger charge is 2.12. The third-order valence-electron chi connectivity index (χ3n) is 3.00. The Morgan fingerprint density at radius 2 is 1.86 bits per heavy atom. The third kappa shape index (κ3) is 4.16. The molecule has 2 rings (SSSR count). The van der Waals surface area contributed by atoms with Crippen LogP contribution in [0.25, 0.3) is 0 Å². The Kier molecular flexibility index (Phi) is 5.15. The van der Waals surface area contributed by atoms with E-state index in [0.717, 1.165) is 5.56 Å². The van der Waals surface area contributed by atoms with Crippen LogP contribution in [0.4, 0.5) is 8.78 Å². The Hall–Kier alpha value is -1.65. The monoisotopic (exact) mass is 311 g/mol. The molecule has 2 N–H and O–H groups in total. The lowest BCUT2D eigenvalue weighted by Gasteiger charge is -2.14. The summed E-state index contributed by atoms with van der Waals surface area (Å²) in [5.74, 6) is -0.727. The minimum absolute atomic E-state index is 0.0731. The highest BCUT2D eigenvalue weighted by atomic mass is 35.5. The fourth-order valence-corrected chi connectivity index (χ4v) is 2.21. The second kappa shape index (κ2) is 6.87. The van der Waals surface area contributed by atoms with Gasteiger partial charge in [-0.05, 0) is 49.2 Å². The maximum Gasteiger partial charge on any atom is 0.132 e. The van der Waals surface area contributed by atoms with Crippen LogP contribution < -0.4 is 10.5 Å². The molecule has 0 radical (unpaired) electrons. The van der Waals surface area contributed by atoms with E-state index < -0.39 is 11.6 Å². The first-order chi connectivity index (χ1) is 9.97. The molecule has 0 bridgehead atoms. The lowest BCUT2D eigenvalue weighted by atomic mass is 10.1. The van der Waals surface area contributed by atoms with E-state index in [9.17, 15) is 8.78 Å². The molecule has 0 fully saturated rings. The van der Waals surface area contributed by atoms with E-state index in [1.165, 1.54) is 18.2 Å². The van der Waals surface area contributed by atoms with Crippen LogP contribution in [0.3, 0.4) is 0 Å². The van der Waals surface area contributed by atoms with Crippen LogP contribution in [0.2, 0.25) is 5.02 Å². The van der Waals surface area contributed by atoms with Crippen LogP contribution in [0.5, 0.6) is 5.75 Å². The van der Waals surface area contributed by atoms with E-state index in [2.05, 4.69) is 0 Å². The predicted octanol–water partition coefficient (Wildman–Crippen LogP) is 4.09. The van der Waals surface area contributed by atoms with Crippen molar-refractivity contribution in [1.82, 2.24) is 0 Å². The van der Waals surface area contributed by atoms with Crippen LogP contribution in [0.1, 0.15) is 18.1 Å². The molecule has 112 valence electrons. The third-order valence-corrected chi connectivity index (χ3v) is 3.23. The fraction of sp³-hybridized carbons (Fsp3) is 0.250. The molecular weight excluding hydrogens is 296 g/mol. The van der Waals surface area contributed by atoms with Crippen LogP contribution in [0, 0.1) is 11.6 Å². The SMILES string of the molecule is CC(N)Cc1cc(Cl)ccc1OCc1c(F)cccc1F. The summed E-state index contributed by atoms with van der Waals surface area (Å²) in [7, 11) is 0. The minimum atomic E-state index is -0.627. The highest BCUT2D eigenvalue weighted by molar-refractivity contribution is 6.30. The Bertz CT molecular complexity index is 611. The first kappa shape index (κ1) is 15.7. The smallest absolute Gasteiger partial charge is 0.132 e. The topological polar surface area (TPSA) is 35.2 Å². The zero-order chi connectivity index (χ0) is 15.4.